The van der Waals surface area contributed by atoms with E-state index in [1.54, 1.807) is 12.1 Å². The molecule has 0 aliphatic carbocycles. The molecule has 3 aliphatic rings. The van der Waals surface area contributed by atoms with Crippen molar-refractivity contribution in [1.29, 1.82) is 0 Å². The summed E-state index contributed by atoms with van der Waals surface area (Å²) < 4.78 is 56.7. The van der Waals surface area contributed by atoms with E-state index in [9.17, 15) is 19.2 Å². The number of benzene rings is 4. The monoisotopic (exact) mass is 823 g/mol. The Morgan fingerprint density at radius 2 is 1.00 bits per heavy atom. The van der Waals surface area contributed by atoms with Crippen molar-refractivity contribution in [3.05, 3.63) is 143 Å². The average molecular weight is 824 g/mol. The first-order valence-corrected chi connectivity index (χ1v) is 19.9. The summed E-state index contributed by atoms with van der Waals surface area (Å²) in [6.07, 6.45) is -9.18. The van der Waals surface area contributed by atoms with E-state index in [4.69, 9.17) is 42.6 Å². The maximum absolute atomic E-state index is 13.8. The van der Waals surface area contributed by atoms with Crippen LogP contribution in [-0.2, 0) is 72.0 Å². The van der Waals surface area contributed by atoms with Gasteiger partial charge < -0.3 is 42.6 Å². The predicted octanol–water partition coefficient (Wildman–Crippen LogP) is 5.40. The molecule has 7 rings (SSSR count). The van der Waals surface area contributed by atoms with Crippen molar-refractivity contribution < 1.29 is 61.8 Å². The number of amides is 2. The second-order valence-corrected chi connectivity index (χ2v) is 14.8. The molecule has 14 heteroatoms. The molecule has 2 saturated heterocycles. The van der Waals surface area contributed by atoms with Gasteiger partial charge in [-0.25, -0.2) is 0 Å². The van der Waals surface area contributed by atoms with Gasteiger partial charge in [0.1, 0.15) is 30.5 Å². The molecule has 3 heterocycles. The smallest absolute Gasteiger partial charge is 0.303 e. The molecule has 0 unspecified atom stereocenters. The van der Waals surface area contributed by atoms with Gasteiger partial charge in [0.2, 0.25) is 0 Å². The SMILES string of the molecule is CO[C@@H]1O[C@H](CO[C@@H]2O[C@@H](C)[C@@H](OCc3ccccc3)[C@@H](OCc3ccccc3)[C@@H]2OCc2ccccc2)[C@@H](OC(C)=O)[C@H](OC(C)=O)[C@H]1N1C(=O)c2ccccc2C1=O. The van der Waals surface area contributed by atoms with Gasteiger partial charge in [0.15, 0.2) is 24.8 Å². The van der Waals surface area contributed by atoms with Crippen LogP contribution in [-0.4, -0.2) is 104 Å². The van der Waals surface area contributed by atoms with Crippen molar-refractivity contribution in [1.82, 2.24) is 4.90 Å². The van der Waals surface area contributed by atoms with Gasteiger partial charge in [-0.05, 0) is 35.7 Å². The number of hydrogen-bond donors (Lipinski definition) is 0. The summed E-state index contributed by atoms with van der Waals surface area (Å²) in [4.78, 5) is 53.9. The minimum Gasteiger partial charge on any atom is -0.456 e. The molecular formula is C46H49NO13. The van der Waals surface area contributed by atoms with Crippen LogP contribution in [0.1, 0.15) is 58.2 Å². The maximum Gasteiger partial charge on any atom is 0.303 e. The highest BCUT2D eigenvalue weighted by Gasteiger charge is 2.57. The van der Waals surface area contributed by atoms with E-state index in [0.717, 1.165) is 21.6 Å². The van der Waals surface area contributed by atoms with Crippen LogP contribution in [0.3, 0.4) is 0 Å². The number of esters is 2. The van der Waals surface area contributed by atoms with Crippen LogP contribution in [0.5, 0.6) is 0 Å². The third kappa shape index (κ3) is 9.82. The lowest BCUT2D eigenvalue weighted by Crippen LogP contribution is -2.67. The summed E-state index contributed by atoms with van der Waals surface area (Å²) in [7, 11) is 1.33. The Labute approximate surface area is 348 Å². The fourth-order valence-electron chi connectivity index (χ4n) is 7.82. The van der Waals surface area contributed by atoms with Crippen molar-refractivity contribution in [3.63, 3.8) is 0 Å². The zero-order valence-electron chi connectivity index (χ0n) is 33.8. The van der Waals surface area contributed by atoms with Gasteiger partial charge in [-0.2, -0.15) is 0 Å². The highest BCUT2D eigenvalue weighted by atomic mass is 16.7. The number of fused-ring (bicyclic) bond motifs is 1. The molecule has 60 heavy (non-hydrogen) atoms. The van der Waals surface area contributed by atoms with Gasteiger partial charge in [0.05, 0.1) is 43.7 Å². The topological polar surface area (TPSA) is 155 Å². The standard InChI is InChI=1S/C46H49NO13/c1-28-38(53-24-31-16-8-5-9-17-31)41(54-25-32-18-10-6-11-19-32)42(55-26-33-20-12-7-13-21-33)46(57-28)56-27-36-39(58-29(2)48)40(59-30(3)49)37(45(52-4)60-36)47-43(50)34-22-14-15-23-35(34)44(47)51/h5-23,28,36-42,45-46H,24-27H2,1-4H3/t28-,36+,37+,38+,39+,40+,41+,42-,45+,46+/m0/s1. The van der Waals surface area contributed by atoms with E-state index >= 15 is 0 Å². The van der Waals surface area contributed by atoms with Crippen molar-refractivity contribution in [2.75, 3.05) is 13.7 Å². The van der Waals surface area contributed by atoms with Gasteiger partial charge in [0, 0.05) is 21.0 Å². The Bertz CT molecular complexity index is 2030. The molecule has 0 radical (unpaired) electrons. The molecule has 0 saturated carbocycles. The molecule has 4 aromatic carbocycles. The molecular weight excluding hydrogens is 774 g/mol. The van der Waals surface area contributed by atoms with Crippen LogP contribution in [0.2, 0.25) is 0 Å². The number of ether oxygens (including phenoxy) is 9. The van der Waals surface area contributed by atoms with Crippen molar-refractivity contribution >= 4 is 23.8 Å². The molecule has 0 bridgehead atoms. The predicted molar refractivity (Wildman–Crippen MR) is 213 cm³/mol. The van der Waals surface area contributed by atoms with Gasteiger partial charge in [-0.15, -0.1) is 0 Å². The molecule has 3 aliphatic heterocycles. The summed E-state index contributed by atoms with van der Waals surface area (Å²) in [5, 5.41) is 0. The zero-order valence-corrected chi connectivity index (χ0v) is 33.8. The Morgan fingerprint density at radius 1 is 0.550 bits per heavy atom. The summed E-state index contributed by atoms with van der Waals surface area (Å²) >= 11 is 0. The number of carbonyl (C=O) groups is 4. The first-order valence-electron chi connectivity index (χ1n) is 19.9. The highest BCUT2D eigenvalue weighted by molar-refractivity contribution is 6.21. The van der Waals surface area contributed by atoms with E-state index in [1.165, 1.54) is 33.1 Å². The molecule has 2 amide bonds. The first-order chi connectivity index (χ1) is 29.1. The molecule has 14 nitrogen and oxygen atoms in total. The Balaban J connectivity index is 1.19. The lowest BCUT2D eigenvalue weighted by Gasteiger charge is -2.48. The van der Waals surface area contributed by atoms with Crippen molar-refractivity contribution in [3.8, 4) is 0 Å². The van der Waals surface area contributed by atoms with E-state index in [0.29, 0.717) is 0 Å². The van der Waals surface area contributed by atoms with Crippen LogP contribution >= 0.6 is 0 Å². The maximum atomic E-state index is 13.8. The summed E-state index contributed by atoms with van der Waals surface area (Å²) in [6, 6.07) is 34.1. The van der Waals surface area contributed by atoms with Gasteiger partial charge >= 0.3 is 11.9 Å². The second kappa shape index (κ2) is 19.8. The van der Waals surface area contributed by atoms with E-state index in [-0.39, 0.29) is 37.6 Å². The quantitative estimate of drug-likeness (QED) is 0.105. The molecule has 0 spiro atoms. The van der Waals surface area contributed by atoms with Gasteiger partial charge in [-0.3, -0.25) is 24.1 Å². The number of rotatable bonds is 16. The normalized spacial score (nSPS) is 27.6. The van der Waals surface area contributed by atoms with E-state index < -0.39 is 85.1 Å². The van der Waals surface area contributed by atoms with Crippen LogP contribution in [0.15, 0.2) is 115 Å². The summed E-state index contributed by atoms with van der Waals surface area (Å²) in [6.45, 7) is 4.61. The lowest BCUT2D eigenvalue weighted by atomic mass is 9.94. The number of hydrogen-bond acceptors (Lipinski definition) is 13. The zero-order chi connectivity index (χ0) is 42.2. The third-order valence-corrected chi connectivity index (χ3v) is 10.6. The molecule has 0 aromatic heterocycles. The fraction of sp³-hybridized carbons (Fsp3) is 0.391. The van der Waals surface area contributed by atoms with Crippen LogP contribution in [0, 0.1) is 0 Å². The Morgan fingerprint density at radius 3 is 1.48 bits per heavy atom. The molecule has 4 aromatic rings. The molecule has 0 N–H and O–H groups in total. The fourth-order valence-corrected chi connectivity index (χ4v) is 7.82. The minimum atomic E-state index is -1.42. The second-order valence-electron chi connectivity index (χ2n) is 14.8. The molecule has 316 valence electrons. The highest BCUT2D eigenvalue weighted by Crippen LogP contribution is 2.37. The number of methoxy groups -OCH3 is 1. The molecule has 10 atom stereocenters. The Kier molecular flexibility index (Phi) is 14.1. The van der Waals surface area contributed by atoms with Crippen LogP contribution in [0.4, 0.5) is 0 Å². The minimum absolute atomic E-state index is 0.161. The summed E-state index contributed by atoms with van der Waals surface area (Å²) in [5.74, 6) is -2.78. The largest absolute Gasteiger partial charge is 0.456 e. The van der Waals surface area contributed by atoms with E-state index in [2.05, 4.69) is 0 Å². The van der Waals surface area contributed by atoms with Crippen molar-refractivity contribution in [2.24, 2.45) is 0 Å². The van der Waals surface area contributed by atoms with Crippen LogP contribution in [0.25, 0.3) is 0 Å². The summed E-state index contributed by atoms with van der Waals surface area (Å²) in [5.41, 5.74) is 3.12. The number of carbonyl (C=O) groups excluding carboxylic acids is 4. The Hall–Kier alpha value is -5.32. The number of imide groups is 1. The first kappa shape index (κ1) is 42.8. The lowest BCUT2D eigenvalue weighted by molar-refractivity contribution is -0.334. The van der Waals surface area contributed by atoms with E-state index in [1.807, 2.05) is 97.9 Å². The number of nitrogens with zero attached hydrogens (tertiary/aromatic N) is 1. The van der Waals surface area contributed by atoms with Gasteiger partial charge in [-0.1, -0.05) is 103 Å². The average Bonchev–Trinajstić information content (AvgIpc) is 3.50. The molecule has 2 fully saturated rings. The van der Waals surface area contributed by atoms with Gasteiger partial charge in [0.25, 0.3) is 11.8 Å². The van der Waals surface area contributed by atoms with Crippen molar-refractivity contribution in [2.45, 2.75) is 102 Å². The van der Waals surface area contributed by atoms with Crippen LogP contribution < -0.4 is 0 Å². The third-order valence-electron chi connectivity index (χ3n) is 10.6.